The van der Waals surface area contributed by atoms with Crippen LogP contribution in [0.25, 0.3) is 65.9 Å². The number of hydrogen-bond donors (Lipinski definition) is 0. The van der Waals surface area contributed by atoms with Crippen LogP contribution in [0.3, 0.4) is 0 Å². The second kappa shape index (κ2) is 15.6. The van der Waals surface area contributed by atoms with Gasteiger partial charge in [0.1, 0.15) is 0 Å². The molecular weight excluding hydrogens is 827 g/mol. The summed E-state index contributed by atoms with van der Waals surface area (Å²) in [6.07, 6.45) is 31.8. The van der Waals surface area contributed by atoms with Crippen LogP contribution in [0.5, 0.6) is 0 Å². The van der Waals surface area contributed by atoms with E-state index in [-0.39, 0.29) is 5.54 Å². The van der Waals surface area contributed by atoms with Crippen molar-refractivity contribution in [1.29, 1.82) is 0 Å². The topological polar surface area (TPSA) is 14.8 Å². The number of rotatable bonds is 7. The molecule has 67 heavy (non-hydrogen) atoms. The average Bonchev–Trinajstić information content (AvgIpc) is 4.01. The van der Waals surface area contributed by atoms with Crippen LogP contribution in [0.2, 0.25) is 0 Å². The van der Waals surface area contributed by atoms with Gasteiger partial charge in [0.2, 0.25) is 0 Å². The molecule has 328 valence electrons. The first-order valence-corrected chi connectivity index (χ1v) is 26.8. The third-order valence-corrected chi connectivity index (χ3v) is 21.0. The third-order valence-electron chi connectivity index (χ3n) is 16.0. The lowest BCUT2D eigenvalue weighted by Crippen LogP contribution is -2.62. The van der Waals surface area contributed by atoms with Crippen molar-refractivity contribution in [2.24, 2.45) is 5.92 Å². The molecule has 3 nitrogen and oxygen atoms in total. The molecule has 4 aliphatic rings. The summed E-state index contributed by atoms with van der Waals surface area (Å²) in [5.74, 6) is 0.944. The molecule has 9 aromatic rings. The van der Waals surface area contributed by atoms with Crippen molar-refractivity contribution in [1.82, 2.24) is 13.7 Å². The van der Waals surface area contributed by atoms with E-state index in [9.17, 15) is 0 Å². The Morgan fingerprint density at radius 2 is 1.39 bits per heavy atom. The molecular formula is C63H57N3Si. The summed E-state index contributed by atoms with van der Waals surface area (Å²) < 4.78 is 7.85. The Balaban J connectivity index is 1.13. The average molecular weight is 884 g/mol. The Bertz CT molecular complexity index is 3670. The minimum atomic E-state index is -3.00. The number of aryl methyl sites for hydroxylation is 1. The highest BCUT2D eigenvalue weighted by Crippen LogP contribution is 2.45. The highest BCUT2D eigenvalue weighted by atomic mass is 28.3. The number of benzene rings is 6. The van der Waals surface area contributed by atoms with Crippen molar-refractivity contribution in [2.45, 2.75) is 77.2 Å². The zero-order chi connectivity index (χ0) is 44.9. The molecule has 0 aliphatic heterocycles. The molecule has 0 saturated heterocycles. The molecule has 0 amide bonds. The van der Waals surface area contributed by atoms with Crippen molar-refractivity contribution in [3.8, 4) is 11.4 Å². The molecule has 0 spiro atoms. The lowest BCUT2D eigenvalue weighted by atomic mass is 9.87. The Kier molecular flexibility index (Phi) is 9.41. The van der Waals surface area contributed by atoms with E-state index >= 15 is 0 Å². The SMILES string of the molecule is CC1C=C([Si](C2=CC=CCC2)(c2cccc(-n3c4ccccc4c4cc5c6c(n(-c7ccccc7)c5cc43)C(C)CCC6)c2)c2cccc3c2c2ccccc2n3C2(C)C=CC=CC2)C=CC1. The minimum Gasteiger partial charge on any atom is -0.331 e. The summed E-state index contributed by atoms with van der Waals surface area (Å²) in [4.78, 5) is 0. The molecule has 4 heteroatoms. The van der Waals surface area contributed by atoms with Crippen molar-refractivity contribution in [3.63, 3.8) is 0 Å². The van der Waals surface area contributed by atoms with Crippen LogP contribution in [0.4, 0.5) is 0 Å². The van der Waals surface area contributed by atoms with Gasteiger partial charge in [0.15, 0.2) is 8.07 Å². The van der Waals surface area contributed by atoms with Gasteiger partial charge in [-0.1, -0.05) is 159 Å². The highest BCUT2D eigenvalue weighted by Gasteiger charge is 2.46. The Morgan fingerprint density at radius 3 is 2.21 bits per heavy atom. The second-order valence-corrected chi connectivity index (χ2v) is 24.0. The normalized spacial score (nSPS) is 21.4. The zero-order valence-electron chi connectivity index (χ0n) is 38.9. The number of hydrogen-bond acceptors (Lipinski definition) is 0. The van der Waals surface area contributed by atoms with Gasteiger partial charge in [-0.25, -0.2) is 0 Å². The van der Waals surface area contributed by atoms with Crippen LogP contribution < -0.4 is 10.4 Å². The van der Waals surface area contributed by atoms with E-state index in [2.05, 4.69) is 229 Å². The lowest BCUT2D eigenvalue weighted by Gasteiger charge is -2.40. The molecule has 4 aliphatic carbocycles. The Labute approximate surface area is 395 Å². The number of aromatic nitrogens is 3. The van der Waals surface area contributed by atoms with Gasteiger partial charge >= 0.3 is 0 Å². The first-order valence-electron chi connectivity index (χ1n) is 24.8. The van der Waals surface area contributed by atoms with E-state index in [0.717, 1.165) is 32.1 Å². The lowest BCUT2D eigenvalue weighted by molar-refractivity contribution is 0.437. The first kappa shape index (κ1) is 40.4. The molecule has 0 saturated carbocycles. The van der Waals surface area contributed by atoms with Crippen molar-refractivity contribution >= 4 is 73.0 Å². The van der Waals surface area contributed by atoms with Gasteiger partial charge in [-0.2, -0.15) is 0 Å². The largest absolute Gasteiger partial charge is 0.331 e. The van der Waals surface area contributed by atoms with E-state index in [1.807, 2.05) is 0 Å². The summed E-state index contributed by atoms with van der Waals surface area (Å²) in [5, 5.41) is 12.8. The Hall–Kier alpha value is -6.88. The van der Waals surface area contributed by atoms with Crippen LogP contribution in [-0.4, -0.2) is 21.8 Å². The zero-order valence-corrected chi connectivity index (χ0v) is 39.9. The molecule has 4 atom stereocenters. The van der Waals surface area contributed by atoms with Crippen LogP contribution >= 0.6 is 0 Å². The van der Waals surface area contributed by atoms with Crippen molar-refractivity contribution in [3.05, 3.63) is 216 Å². The van der Waals surface area contributed by atoms with Gasteiger partial charge in [0, 0.05) is 55.0 Å². The van der Waals surface area contributed by atoms with Crippen LogP contribution in [0, 0.1) is 5.92 Å². The molecule has 3 heterocycles. The summed E-state index contributed by atoms with van der Waals surface area (Å²) in [5.41, 5.74) is 11.8. The van der Waals surface area contributed by atoms with E-state index in [4.69, 9.17) is 0 Å². The molecule has 0 N–H and O–H groups in total. The van der Waals surface area contributed by atoms with E-state index in [0.29, 0.717) is 11.8 Å². The van der Waals surface area contributed by atoms with Gasteiger partial charge in [0.25, 0.3) is 0 Å². The first-order chi connectivity index (χ1) is 32.9. The van der Waals surface area contributed by atoms with Gasteiger partial charge in [-0.05, 0) is 139 Å². The number of para-hydroxylation sites is 3. The predicted molar refractivity (Wildman–Crippen MR) is 287 cm³/mol. The van der Waals surface area contributed by atoms with Crippen LogP contribution in [0.15, 0.2) is 205 Å². The monoisotopic (exact) mass is 883 g/mol. The minimum absolute atomic E-state index is 0.191. The van der Waals surface area contributed by atoms with Gasteiger partial charge in [-0.3, -0.25) is 0 Å². The van der Waals surface area contributed by atoms with Gasteiger partial charge < -0.3 is 13.7 Å². The third kappa shape index (κ3) is 6.01. The molecule has 13 rings (SSSR count). The number of nitrogens with zero attached hydrogens (tertiary/aromatic N) is 3. The highest BCUT2D eigenvalue weighted by molar-refractivity contribution is 7.13. The molecule has 0 radical (unpaired) electrons. The van der Waals surface area contributed by atoms with Crippen LogP contribution in [0.1, 0.15) is 76.5 Å². The molecule has 0 fully saturated rings. The fourth-order valence-electron chi connectivity index (χ4n) is 13.1. The summed E-state index contributed by atoms with van der Waals surface area (Å²) in [7, 11) is -3.00. The maximum absolute atomic E-state index is 3.00. The molecule has 3 aromatic heterocycles. The van der Waals surface area contributed by atoms with Crippen molar-refractivity contribution in [2.75, 3.05) is 0 Å². The van der Waals surface area contributed by atoms with Crippen LogP contribution in [-0.2, 0) is 12.0 Å². The Morgan fingerprint density at radius 1 is 0.612 bits per heavy atom. The second-order valence-electron chi connectivity index (χ2n) is 20.2. The molecule has 6 aromatic carbocycles. The number of allylic oxidation sites excluding steroid dienone is 12. The standard InChI is InChI=1S/C63H57N3Si/c1-43-21-17-28-48(39-43)67(47-26-9-5-10-27-47,60-36-20-35-57-61(60)52-31-12-14-34-56(52)66(57)63(3)37-15-6-16-38-63)49-29-19-25-46(40-49)64-55-33-13-11-30-50(55)53-41-54-51-32-18-22-44(2)62(51)65(59(54)42-58(53)64)45-23-7-4-8-24-45/h4-9,11-17,19-20,23-26,28-31,33-37,39-44H,10,18,21-22,27,32,38H2,1-3H3. The summed E-state index contributed by atoms with van der Waals surface area (Å²) in [6, 6.07) is 51.7. The molecule has 0 bridgehead atoms. The fourth-order valence-corrected chi connectivity index (χ4v) is 18.6. The molecule has 4 unspecified atom stereocenters. The fraction of sp³-hybridized carbons (Fsp3) is 0.206. The van der Waals surface area contributed by atoms with E-state index in [1.54, 1.807) is 5.20 Å². The summed E-state index contributed by atoms with van der Waals surface area (Å²) in [6.45, 7) is 7.26. The summed E-state index contributed by atoms with van der Waals surface area (Å²) >= 11 is 0. The predicted octanol–water partition coefficient (Wildman–Crippen LogP) is 14.9. The maximum atomic E-state index is 2.66. The number of fused-ring (bicyclic) bond motifs is 9. The van der Waals surface area contributed by atoms with E-state index in [1.165, 1.54) is 106 Å². The van der Waals surface area contributed by atoms with Gasteiger partial charge in [0.05, 0.1) is 22.1 Å². The quantitative estimate of drug-likeness (QED) is 0.142. The van der Waals surface area contributed by atoms with Gasteiger partial charge in [-0.15, -0.1) is 0 Å². The maximum Gasteiger partial charge on any atom is 0.176 e. The van der Waals surface area contributed by atoms with Crippen molar-refractivity contribution < 1.29 is 0 Å². The van der Waals surface area contributed by atoms with E-state index < -0.39 is 8.07 Å². The smallest absolute Gasteiger partial charge is 0.176 e.